The molecule has 0 bridgehead atoms. The Balaban J connectivity index is 2.28. The number of hydrogen-bond acceptors (Lipinski definition) is 4. The lowest BCUT2D eigenvalue weighted by Crippen LogP contribution is -2.49. The summed E-state index contributed by atoms with van der Waals surface area (Å²) in [4.78, 5) is 12.9. The van der Waals surface area contributed by atoms with Gasteiger partial charge in [-0.05, 0) is 50.1 Å². The van der Waals surface area contributed by atoms with Crippen molar-refractivity contribution in [3.8, 4) is 5.75 Å². The summed E-state index contributed by atoms with van der Waals surface area (Å²) in [5.41, 5.74) is 1.39. The summed E-state index contributed by atoms with van der Waals surface area (Å²) in [6.45, 7) is 6.07. The van der Waals surface area contributed by atoms with Crippen molar-refractivity contribution in [2.45, 2.75) is 39.3 Å². The first kappa shape index (κ1) is 21.8. The Kier molecular flexibility index (Phi) is 7.45. The summed E-state index contributed by atoms with van der Waals surface area (Å²) in [6.07, 6.45) is 1.45. The third-order valence-electron chi connectivity index (χ3n) is 4.39. The molecule has 0 heterocycles. The molecule has 0 radical (unpaired) electrons. The molecular weight excluding hydrogens is 376 g/mol. The van der Waals surface area contributed by atoms with E-state index in [1.165, 1.54) is 4.31 Å². The molecular formula is C21H28N2O4S. The van der Waals surface area contributed by atoms with E-state index in [1.54, 1.807) is 31.2 Å². The number of nitrogens with zero attached hydrogens (tertiary/aromatic N) is 1. The molecule has 152 valence electrons. The number of carbonyl (C=O) groups is 1. The zero-order valence-electron chi connectivity index (χ0n) is 16.8. The van der Waals surface area contributed by atoms with Crippen molar-refractivity contribution >= 4 is 21.6 Å². The largest absolute Gasteiger partial charge is 0.494 e. The Hall–Kier alpha value is -2.54. The number of hydrogen-bond donors (Lipinski definition) is 1. The fourth-order valence-electron chi connectivity index (χ4n) is 3.05. The Bertz CT molecular complexity index is 867. The number of ether oxygens (including phenoxy) is 1. The van der Waals surface area contributed by atoms with E-state index in [4.69, 9.17) is 4.74 Å². The van der Waals surface area contributed by atoms with Gasteiger partial charge >= 0.3 is 0 Å². The predicted octanol–water partition coefficient (Wildman–Crippen LogP) is 3.51. The quantitative estimate of drug-likeness (QED) is 0.694. The molecule has 0 aromatic heterocycles. The Morgan fingerprint density at radius 3 is 2.18 bits per heavy atom. The van der Waals surface area contributed by atoms with Gasteiger partial charge in [0, 0.05) is 0 Å². The summed E-state index contributed by atoms with van der Waals surface area (Å²) in [6, 6.07) is 15.2. The van der Waals surface area contributed by atoms with Crippen LogP contribution in [0, 0.1) is 0 Å². The summed E-state index contributed by atoms with van der Waals surface area (Å²) in [5, 5.41) is 2.93. The Morgan fingerprint density at radius 1 is 1.07 bits per heavy atom. The van der Waals surface area contributed by atoms with Gasteiger partial charge in [-0.1, -0.05) is 37.3 Å². The van der Waals surface area contributed by atoms with Crippen LogP contribution in [0.5, 0.6) is 5.75 Å². The van der Waals surface area contributed by atoms with Gasteiger partial charge in [0.25, 0.3) is 0 Å². The monoisotopic (exact) mass is 404 g/mol. The van der Waals surface area contributed by atoms with E-state index in [9.17, 15) is 13.2 Å². The maximum absolute atomic E-state index is 12.9. The molecule has 0 fully saturated rings. The third kappa shape index (κ3) is 5.48. The molecule has 2 atom stereocenters. The average molecular weight is 405 g/mol. The van der Waals surface area contributed by atoms with E-state index in [0.29, 0.717) is 24.5 Å². The number of benzene rings is 2. The van der Waals surface area contributed by atoms with Crippen LogP contribution in [-0.4, -0.2) is 33.2 Å². The minimum absolute atomic E-state index is 0.232. The smallest absolute Gasteiger partial charge is 0.244 e. The highest BCUT2D eigenvalue weighted by molar-refractivity contribution is 7.92. The second-order valence-electron chi connectivity index (χ2n) is 6.55. The van der Waals surface area contributed by atoms with Gasteiger partial charge in [-0.25, -0.2) is 8.42 Å². The Morgan fingerprint density at radius 2 is 1.68 bits per heavy atom. The van der Waals surface area contributed by atoms with Crippen molar-refractivity contribution in [1.82, 2.24) is 5.32 Å². The molecule has 0 spiro atoms. The maximum Gasteiger partial charge on any atom is 0.244 e. The minimum Gasteiger partial charge on any atom is -0.494 e. The topological polar surface area (TPSA) is 75.7 Å². The summed E-state index contributed by atoms with van der Waals surface area (Å²) in [7, 11) is -3.67. The molecule has 2 rings (SSSR count). The van der Waals surface area contributed by atoms with Gasteiger partial charge < -0.3 is 10.1 Å². The van der Waals surface area contributed by atoms with Gasteiger partial charge in [-0.15, -0.1) is 0 Å². The molecule has 2 aromatic carbocycles. The van der Waals surface area contributed by atoms with Gasteiger partial charge in [0.15, 0.2) is 0 Å². The normalized spacial score (nSPS) is 13.4. The van der Waals surface area contributed by atoms with E-state index in [1.807, 2.05) is 44.2 Å². The van der Waals surface area contributed by atoms with Crippen LogP contribution in [0.15, 0.2) is 54.6 Å². The zero-order valence-corrected chi connectivity index (χ0v) is 17.6. The van der Waals surface area contributed by atoms with E-state index in [2.05, 4.69) is 5.32 Å². The van der Waals surface area contributed by atoms with Crippen LogP contribution in [0.2, 0.25) is 0 Å². The molecule has 2 aromatic rings. The van der Waals surface area contributed by atoms with Crippen LogP contribution in [0.4, 0.5) is 5.69 Å². The fourth-order valence-corrected chi connectivity index (χ4v) is 4.26. The van der Waals surface area contributed by atoms with Crippen LogP contribution in [0.1, 0.15) is 38.8 Å². The minimum atomic E-state index is -3.67. The molecule has 1 amide bonds. The number of carbonyl (C=O) groups excluding carboxylic acids is 1. The second-order valence-corrected chi connectivity index (χ2v) is 8.41. The van der Waals surface area contributed by atoms with Gasteiger partial charge in [0.1, 0.15) is 11.8 Å². The number of amides is 1. The van der Waals surface area contributed by atoms with Crippen LogP contribution in [0.25, 0.3) is 0 Å². The van der Waals surface area contributed by atoms with Crippen LogP contribution < -0.4 is 14.4 Å². The predicted molar refractivity (Wildman–Crippen MR) is 112 cm³/mol. The molecule has 0 saturated heterocycles. The number of sulfonamides is 1. The molecule has 0 aliphatic heterocycles. The molecule has 0 unspecified atom stereocenters. The molecule has 1 N–H and O–H groups in total. The van der Waals surface area contributed by atoms with E-state index in [-0.39, 0.29) is 11.9 Å². The van der Waals surface area contributed by atoms with Crippen molar-refractivity contribution in [2.75, 3.05) is 17.2 Å². The number of nitrogens with one attached hydrogen (secondary N) is 1. The van der Waals surface area contributed by atoms with Crippen molar-refractivity contribution in [3.05, 3.63) is 60.2 Å². The second kappa shape index (κ2) is 9.59. The zero-order chi connectivity index (χ0) is 20.7. The van der Waals surface area contributed by atoms with Gasteiger partial charge in [-0.2, -0.15) is 0 Å². The summed E-state index contributed by atoms with van der Waals surface area (Å²) >= 11 is 0. The van der Waals surface area contributed by atoms with Crippen LogP contribution >= 0.6 is 0 Å². The van der Waals surface area contributed by atoms with Crippen molar-refractivity contribution < 1.29 is 17.9 Å². The fraction of sp³-hybridized carbons (Fsp3) is 0.381. The first-order valence-corrected chi connectivity index (χ1v) is 11.2. The molecule has 28 heavy (non-hydrogen) atoms. The molecule has 0 aliphatic rings. The summed E-state index contributed by atoms with van der Waals surface area (Å²) in [5.74, 6) is 0.313. The third-order valence-corrected chi connectivity index (χ3v) is 5.57. The van der Waals surface area contributed by atoms with Gasteiger partial charge in [-0.3, -0.25) is 9.10 Å². The molecule has 6 nitrogen and oxygen atoms in total. The molecule has 0 saturated carbocycles. The maximum atomic E-state index is 12.9. The number of rotatable bonds is 9. The lowest BCUT2D eigenvalue weighted by molar-refractivity contribution is -0.122. The number of anilines is 1. The van der Waals surface area contributed by atoms with Crippen molar-refractivity contribution in [3.63, 3.8) is 0 Å². The first-order valence-electron chi connectivity index (χ1n) is 9.35. The lowest BCUT2D eigenvalue weighted by atomic mass is 10.1. The average Bonchev–Trinajstić information content (AvgIpc) is 2.66. The SMILES string of the molecule is CCOc1ccc(N([C@H](CC)C(=O)N[C@@H](C)c2ccccc2)S(C)(=O)=O)cc1. The van der Waals surface area contributed by atoms with Crippen LogP contribution in [0.3, 0.4) is 0 Å². The standard InChI is InChI=1S/C21H28N2O4S/c1-5-20(21(24)22-16(3)17-10-8-7-9-11-17)23(28(4,25)26)18-12-14-19(15-13-18)27-6-2/h7-16,20H,5-6H2,1-4H3,(H,22,24)/t16-,20+/m0/s1. The van der Waals surface area contributed by atoms with E-state index < -0.39 is 16.1 Å². The van der Waals surface area contributed by atoms with E-state index >= 15 is 0 Å². The van der Waals surface area contributed by atoms with Gasteiger partial charge in [0.2, 0.25) is 15.9 Å². The van der Waals surface area contributed by atoms with Crippen molar-refractivity contribution in [2.24, 2.45) is 0 Å². The Labute approximate surface area is 167 Å². The summed E-state index contributed by atoms with van der Waals surface area (Å²) < 4.78 is 31.6. The lowest BCUT2D eigenvalue weighted by Gasteiger charge is -2.31. The van der Waals surface area contributed by atoms with E-state index in [0.717, 1.165) is 11.8 Å². The highest BCUT2D eigenvalue weighted by Crippen LogP contribution is 2.25. The van der Waals surface area contributed by atoms with Crippen LogP contribution in [-0.2, 0) is 14.8 Å². The first-order chi connectivity index (χ1) is 13.3. The van der Waals surface area contributed by atoms with Gasteiger partial charge in [0.05, 0.1) is 24.6 Å². The highest BCUT2D eigenvalue weighted by atomic mass is 32.2. The molecule has 0 aliphatic carbocycles. The van der Waals surface area contributed by atoms with Crippen molar-refractivity contribution in [1.29, 1.82) is 0 Å². The molecule has 7 heteroatoms. The highest BCUT2D eigenvalue weighted by Gasteiger charge is 2.32.